The maximum Gasteiger partial charge on any atom is 0.129 e. The van der Waals surface area contributed by atoms with E-state index in [4.69, 9.17) is 4.98 Å². The van der Waals surface area contributed by atoms with Crippen LogP contribution in [-0.2, 0) is 6.54 Å². The molecule has 1 saturated carbocycles. The molecule has 0 unspecified atom stereocenters. The number of anilines is 1. The fourth-order valence-corrected chi connectivity index (χ4v) is 2.21. The van der Waals surface area contributed by atoms with Gasteiger partial charge >= 0.3 is 0 Å². The Morgan fingerprint density at radius 3 is 2.78 bits per heavy atom. The first-order valence-electron chi connectivity index (χ1n) is 7.14. The molecule has 3 heteroatoms. The highest BCUT2D eigenvalue weighted by Gasteiger charge is 2.28. The molecule has 0 amide bonds. The maximum atomic E-state index is 4.77. The molecule has 1 heterocycles. The van der Waals surface area contributed by atoms with Gasteiger partial charge in [0, 0.05) is 19.1 Å². The number of nitrogens with one attached hydrogen (secondary N) is 1. The van der Waals surface area contributed by atoms with Crippen LogP contribution in [0.25, 0.3) is 0 Å². The van der Waals surface area contributed by atoms with Crippen LogP contribution in [-0.4, -0.2) is 24.1 Å². The summed E-state index contributed by atoms with van der Waals surface area (Å²) < 4.78 is 0. The molecule has 1 aliphatic rings. The van der Waals surface area contributed by atoms with Crippen molar-refractivity contribution in [3.63, 3.8) is 0 Å². The Morgan fingerprint density at radius 2 is 2.17 bits per heavy atom. The van der Waals surface area contributed by atoms with E-state index in [2.05, 4.69) is 49.2 Å². The Morgan fingerprint density at radius 1 is 1.39 bits per heavy atom. The zero-order valence-electron chi connectivity index (χ0n) is 11.8. The third-order valence-electron chi connectivity index (χ3n) is 3.27. The molecule has 0 spiro atoms. The third kappa shape index (κ3) is 3.70. The zero-order chi connectivity index (χ0) is 13.0. The minimum atomic E-state index is 0.687. The Balaban J connectivity index is 1.95. The van der Waals surface area contributed by atoms with E-state index in [1.165, 1.54) is 12.8 Å². The third-order valence-corrected chi connectivity index (χ3v) is 3.27. The number of hydrogen-bond donors (Lipinski definition) is 1. The summed E-state index contributed by atoms with van der Waals surface area (Å²) in [5.41, 5.74) is 1.15. The van der Waals surface area contributed by atoms with Crippen LogP contribution < -0.4 is 10.2 Å². The van der Waals surface area contributed by atoms with Crippen molar-refractivity contribution in [3.05, 3.63) is 23.9 Å². The van der Waals surface area contributed by atoms with Gasteiger partial charge < -0.3 is 10.2 Å². The summed E-state index contributed by atoms with van der Waals surface area (Å²) in [6, 6.07) is 7.10. The summed E-state index contributed by atoms with van der Waals surface area (Å²) in [5, 5.41) is 3.45. The molecule has 0 aromatic carbocycles. The number of rotatable bonds is 7. The van der Waals surface area contributed by atoms with E-state index in [0.717, 1.165) is 37.2 Å². The van der Waals surface area contributed by atoms with Crippen LogP contribution in [0.3, 0.4) is 0 Å². The lowest BCUT2D eigenvalue weighted by Crippen LogP contribution is -2.26. The van der Waals surface area contributed by atoms with E-state index in [9.17, 15) is 0 Å². The predicted molar refractivity (Wildman–Crippen MR) is 76.8 cm³/mol. The molecule has 1 N–H and O–H groups in total. The second-order valence-corrected chi connectivity index (χ2v) is 5.53. The van der Waals surface area contributed by atoms with E-state index in [1.54, 1.807) is 0 Å². The van der Waals surface area contributed by atoms with Crippen molar-refractivity contribution in [2.24, 2.45) is 5.92 Å². The van der Waals surface area contributed by atoms with E-state index in [0.29, 0.717) is 5.92 Å². The monoisotopic (exact) mass is 247 g/mol. The fraction of sp³-hybridized carbons (Fsp3) is 0.667. The summed E-state index contributed by atoms with van der Waals surface area (Å²) in [7, 11) is 0. The minimum Gasteiger partial charge on any atom is -0.354 e. The van der Waals surface area contributed by atoms with Crippen LogP contribution >= 0.6 is 0 Å². The van der Waals surface area contributed by atoms with E-state index in [-0.39, 0.29) is 0 Å². The maximum absolute atomic E-state index is 4.77. The highest BCUT2D eigenvalue weighted by molar-refractivity contribution is 5.42. The summed E-state index contributed by atoms with van der Waals surface area (Å²) in [6.07, 6.45) is 2.65. The molecule has 0 radical (unpaired) electrons. The lowest BCUT2D eigenvalue weighted by Gasteiger charge is -2.22. The van der Waals surface area contributed by atoms with Gasteiger partial charge in [-0.15, -0.1) is 0 Å². The largest absolute Gasteiger partial charge is 0.354 e. The Bertz CT molecular complexity index is 372. The second-order valence-electron chi connectivity index (χ2n) is 5.53. The molecule has 0 bridgehead atoms. The van der Waals surface area contributed by atoms with Gasteiger partial charge in [0.15, 0.2) is 0 Å². The minimum absolute atomic E-state index is 0.687. The summed E-state index contributed by atoms with van der Waals surface area (Å²) in [5.74, 6) is 1.83. The van der Waals surface area contributed by atoms with Gasteiger partial charge in [0.25, 0.3) is 0 Å². The molecular weight excluding hydrogens is 222 g/mol. The molecule has 1 aromatic heterocycles. The van der Waals surface area contributed by atoms with Crippen molar-refractivity contribution in [3.8, 4) is 0 Å². The number of pyridine rings is 1. The van der Waals surface area contributed by atoms with Crippen LogP contribution in [0.1, 0.15) is 39.3 Å². The van der Waals surface area contributed by atoms with Crippen molar-refractivity contribution in [2.75, 3.05) is 18.0 Å². The molecule has 0 atom stereocenters. The summed E-state index contributed by atoms with van der Waals surface area (Å²) in [4.78, 5) is 7.19. The first-order valence-corrected chi connectivity index (χ1v) is 7.14. The van der Waals surface area contributed by atoms with Gasteiger partial charge in [-0.25, -0.2) is 4.98 Å². The molecule has 2 rings (SSSR count). The van der Waals surface area contributed by atoms with Crippen LogP contribution in [0.5, 0.6) is 0 Å². The topological polar surface area (TPSA) is 28.2 Å². The van der Waals surface area contributed by atoms with Crippen molar-refractivity contribution in [1.82, 2.24) is 10.3 Å². The smallest absolute Gasteiger partial charge is 0.129 e. The lowest BCUT2D eigenvalue weighted by atomic mass is 10.2. The number of nitrogens with zero attached hydrogens (tertiary/aromatic N) is 2. The molecule has 1 aliphatic carbocycles. The van der Waals surface area contributed by atoms with Crippen LogP contribution in [0.4, 0.5) is 5.82 Å². The normalized spacial score (nSPS) is 15.1. The van der Waals surface area contributed by atoms with Crippen molar-refractivity contribution in [1.29, 1.82) is 0 Å². The predicted octanol–water partition coefficient (Wildman–Crippen LogP) is 2.82. The molecule has 3 nitrogen and oxygen atoms in total. The van der Waals surface area contributed by atoms with Gasteiger partial charge in [-0.2, -0.15) is 0 Å². The van der Waals surface area contributed by atoms with E-state index in [1.807, 2.05) is 0 Å². The van der Waals surface area contributed by atoms with Crippen LogP contribution in [0, 0.1) is 5.92 Å². The van der Waals surface area contributed by atoms with Gasteiger partial charge in [-0.05, 0) is 44.4 Å². The standard InChI is InChI=1S/C15H25N3/c1-4-18(14-8-9-14)15-7-5-6-13(17-15)11-16-10-12(2)3/h5-7,12,14,16H,4,8-11H2,1-3H3. The van der Waals surface area contributed by atoms with Gasteiger partial charge in [0.1, 0.15) is 5.82 Å². The zero-order valence-corrected chi connectivity index (χ0v) is 11.8. The lowest BCUT2D eigenvalue weighted by molar-refractivity contribution is 0.548. The van der Waals surface area contributed by atoms with Crippen LogP contribution in [0.15, 0.2) is 18.2 Å². The highest BCUT2D eigenvalue weighted by Crippen LogP contribution is 2.30. The van der Waals surface area contributed by atoms with Crippen molar-refractivity contribution < 1.29 is 0 Å². The Kier molecular flexibility index (Phi) is 4.59. The number of hydrogen-bond acceptors (Lipinski definition) is 3. The molecule has 0 aliphatic heterocycles. The second kappa shape index (κ2) is 6.19. The van der Waals surface area contributed by atoms with Crippen molar-refractivity contribution in [2.45, 2.75) is 46.2 Å². The van der Waals surface area contributed by atoms with E-state index >= 15 is 0 Å². The molecule has 0 saturated heterocycles. The van der Waals surface area contributed by atoms with Gasteiger partial charge in [-0.1, -0.05) is 19.9 Å². The van der Waals surface area contributed by atoms with Gasteiger partial charge in [0.2, 0.25) is 0 Å². The molecule has 18 heavy (non-hydrogen) atoms. The summed E-state index contributed by atoms with van der Waals surface area (Å²) in [6.45, 7) is 9.63. The van der Waals surface area contributed by atoms with Crippen molar-refractivity contribution >= 4 is 5.82 Å². The average molecular weight is 247 g/mol. The Labute approximate surface area is 111 Å². The number of aromatic nitrogens is 1. The van der Waals surface area contributed by atoms with Gasteiger partial charge in [-0.3, -0.25) is 0 Å². The molecule has 1 aromatic rings. The highest BCUT2D eigenvalue weighted by atomic mass is 15.2. The fourth-order valence-electron chi connectivity index (χ4n) is 2.21. The molecule has 100 valence electrons. The first kappa shape index (κ1) is 13.3. The quantitative estimate of drug-likeness (QED) is 0.803. The SMILES string of the molecule is CCN(c1cccc(CNCC(C)C)n1)C1CC1. The van der Waals surface area contributed by atoms with E-state index < -0.39 is 0 Å². The molecule has 1 fully saturated rings. The van der Waals surface area contributed by atoms with Gasteiger partial charge in [0.05, 0.1) is 5.69 Å². The van der Waals surface area contributed by atoms with Crippen LogP contribution in [0.2, 0.25) is 0 Å². The average Bonchev–Trinajstić information content (AvgIpc) is 3.15. The Hall–Kier alpha value is -1.09. The summed E-state index contributed by atoms with van der Waals surface area (Å²) >= 11 is 0. The first-order chi connectivity index (χ1) is 8.70. The molecular formula is C15H25N3.